The molecule has 0 atom stereocenters. The fourth-order valence-corrected chi connectivity index (χ4v) is 4.97. The van der Waals surface area contributed by atoms with Crippen molar-refractivity contribution in [3.05, 3.63) is 64.0 Å². The minimum atomic E-state index is -0.954. The van der Waals surface area contributed by atoms with Crippen molar-refractivity contribution < 1.29 is 14.7 Å². The summed E-state index contributed by atoms with van der Waals surface area (Å²) >= 11 is 1.42. The van der Waals surface area contributed by atoms with Crippen molar-refractivity contribution in [2.45, 2.75) is 32.1 Å². The van der Waals surface area contributed by atoms with Crippen LogP contribution < -0.4 is 5.32 Å². The van der Waals surface area contributed by atoms with Gasteiger partial charge in [0.1, 0.15) is 5.00 Å². The molecular weight excluding hydrogens is 346 g/mol. The van der Waals surface area contributed by atoms with Gasteiger partial charge in [0.2, 0.25) is 5.91 Å². The van der Waals surface area contributed by atoms with Gasteiger partial charge in [0.25, 0.3) is 0 Å². The molecule has 4 nitrogen and oxygen atoms in total. The average molecular weight is 365 g/mol. The molecule has 0 unspecified atom stereocenters. The maximum atomic E-state index is 12.6. The first-order valence-electron chi connectivity index (χ1n) is 8.78. The zero-order chi connectivity index (χ0) is 18.1. The van der Waals surface area contributed by atoms with E-state index in [4.69, 9.17) is 0 Å². The Hall–Kier alpha value is -2.66. The SMILES string of the molecule is O=C(Cc1cccc2ccccc12)Nc1sc2c(c1C(=O)O)CCCC2. The summed E-state index contributed by atoms with van der Waals surface area (Å²) in [4.78, 5) is 25.4. The summed E-state index contributed by atoms with van der Waals surface area (Å²) in [5.74, 6) is -1.13. The number of amides is 1. The lowest BCUT2D eigenvalue weighted by molar-refractivity contribution is -0.115. The molecule has 1 heterocycles. The maximum Gasteiger partial charge on any atom is 0.339 e. The van der Waals surface area contributed by atoms with Crippen molar-refractivity contribution in [3.63, 3.8) is 0 Å². The molecule has 1 aliphatic rings. The van der Waals surface area contributed by atoms with Crippen LogP contribution in [0.15, 0.2) is 42.5 Å². The molecule has 0 radical (unpaired) electrons. The number of carbonyl (C=O) groups is 2. The molecule has 2 aromatic carbocycles. The lowest BCUT2D eigenvalue weighted by Crippen LogP contribution is -2.16. The lowest BCUT2D eigenvalue weighted by atomic mass is 9.95. The van der Waals surface area contributed by atoms with E-state index in [1.54, 1.807) is 0 Å². The minimum absolute atomic E-state index is 0.178. The Morgan fingerprint density at radius 2 is 1.81 bits per heavy atom. The van der Waals surface area contributed by atoms with E-state index in [-0.39, 0.29) is 17.9 Å². The molecule has 3 aromatic rings. The largest absolute Gasteiger partial charge is 0.478 e. The monoisotopic (exact) mass is 365 g/mol. The van der Waals surface area contributed by atoms with Gasteiger partial charge in [-0.1, -0.05) is 42.5 Å². The van der Waals surface area contributed by atoms with Gasteiger partial charge in [-0.15, -0.1) is 11.3 Å². The van der Waals surface area contributed by atoms with E-state index in [2.05, 4.69) is 5.32 Å². The number of thiophene rings is 1. The smallest absolute Gasteiger partial charge is 0.339 e. The predicted octanol–water partition coefficient (Wildman–Crippen LogP) is 4.66. The fourth-order valence-electron chi connectivity index (χ4n) is 3.67. The number of nitrogens with one attached hydrogen (secondary N) is 1. The molecule has 1 amide bonds. The molecule has 26 heavy (non-hydrogen) atoms. The molecule has 0 aliphatic heterocycles. The van der Waals surface area contributed by atoms with Gasteiger partial charge in [0.05, 0.1) is 12.0 Å². The Morgan fingerprint density at radius 1 is 1.04 bits per heavy atom. The van der Waals surface area contributed by atoms with E-state index in [0.29, 0.717) is 5.00 Å². The second-order valence-corrected chi connectivity index (χ2v) is 7.69. The molecule has 0 fully saturated rings. The van der Waals surface area contributed by atoms with Crippen molar-refractivity contribution in [3.8, 4) is 0 Å². The summed E-state index contributed by atoms with van der Waals surface area (Å²) in [6, 6.07) is 13.9. The van der Waals surface area contributed by atoms with Crippen molar-refractivity contribution in [2.75, 3.05) is 5.32 Å². The molecule has 132 valence electrons. The van der Waals surface area contributed by atoms with Crippen molar-refractivity contribution in [2.24, 2.45) is 0 Å². The molecule has 2 N–H and O–H groups in total. The lowest BCUT2D eigenvalue weighted by Gasteiger charge is -2.10. The third-order valence-electron chi connectivity index (χ3n) is 4.87. The van der Waals surface area contributed by atoms with Crippen LogP contribution in [0.1, 0.15) is 39.2 Å². The van der Waals surface area contributed by atoms with Crippen molar-refractivity contribution >= 4 is 39.0 Å². The molecule has 1 aromatic heterocycles. The van der Waals surface area contributed by atoms with Crippen LogP contribution in [0.2, 0.25) is 0 Å². The molecule has 4 rings (SSSR count). The van der Waals surface area contributed by atoms with Crippen LogP contribution in [0.5, 0.6) is 0 Å². The average Bonchev–Trinajstić information content (AvgIpc) is 2.99. The minimum Gasteiger partial charge on any atom is -0.478 e. The summed E-state index contributed by atoms with van der Waals surface area (Å²) in [5, 5.41) is 15.1. The molecule has 5 heteroatoms. The van der Waals surface area contributed by atoms with Gasteiger partial charge in [-0.25, -0.2) is 4.79 Å². The van der Waals surface area contributed by atoms with Gasteiger partial charge < -0.3 is 10.4 Å². The first-order chi connectivity index (χ1) is 12.6. The highest BCUT2D eigenvalue weighted by atomic mass is 32.1. The van der Waals surface area contributed by atoms with Gasteiger partial charge in [-0.05, 0) is 47.6 Å². The van der Waals surface area contributed by atoms with E-state index in [1.165, 1.54) is 11.3 Å². The first-order valence-corrected chi connectivity index (χ1v) is 9.59. The number of fused-ring (bicyclic) bond motifs is 2. The van der Waals surface area contributed by atoms with Gasteiger partial charge >= 0.3 is 5.97 Å². The fraction of sp³-hybridized carbons (Fsp3) is 0.238. The first kappa shape index (κ1) is 16.8. The number of anilines is 1. The number of aryl methyl sites for hydroxylation is 1. The topological polar surface area (TPSA) is 66.4 Å². The van der Waals surface area contributed by atoms with Crippen LogP contribution in [0.3, 0.4) is 0 Å². The summed E-state index contributed by atoms with van der Waals surface area (Å²) in [7, 11) is 0. The van der Waals surface area contributed by atoms with Crippen LogP contribution in [0, 0.1) is 0 Å². The molecular formula is C21H19NO3S. The maximum absolute atomic E-state index is 12.6. The van der Waals surface area contributed by atoms with Crippen LogP contribution in [0.4, 0.5) is 5.00 Å². The van der Waals surface area contributed by atoms with E-state index in [0.717, 1.165) is 52.5 Å². The predicted molar refractivity (Wildman–Crippen MR) is 104 cm³/mol. The zero-order valence-electron chi connectivity index (χ0n) is 14.2. The summed E-state index contributed by atoms with van der Waals surface area (Å²) in [6.45, 7) is 0. The van der Waals surface area contributed by atoms with Crippen molar-refractivity contribution in [1.29, 1.82) is 0 Å². The number of hydrogen-bond acceptors (Lipinski definition) is 3. The molecule has 1 aliphatic carbocycles. The van der Waals surface area contributed by atoms with Crippen LogP contribution >= 0.6 is 11.3 Å². The van der Waals surface area contributed by atoms with Crippen LogP contribution in [-0.2, 0) is 24.1 Å². The van der Waals surface area contributed by atoms with E-state index < -0.39 is 5.97 Å². The number of benzene rings is 2. The number of rotatable bonds is 4. The molecule has 0 saturated carbocycles. The molecule has 0 saturated heterocycles. The number of carboxylic acids is 1. The van der Waals surface area contributed by atoms with E-state index >= 15 is 0 Å². The van der Waals surface area contributed by atoms with Crippen LogP contribution in [-0.4, -0.2) is 17.0 Å². The highest BCUT2D eigenvalue weighted by molar-refractivity contribution is 7.17. The number of carboxylic acid groups (broad SMARTS) is 1. The highest BCUT2D eigenvalue weighted by Gasteiger charge is 2.26. The van der Waals surface area contributed by atoms with E-state index in [1.807, 2.05) is 42.5 Å². The standard InChI is InChI=1S/C21H19NO3S/c23-18(12-14-8-5-7-13-6-1-2-9-15(13)14)22-20-19(21(24)25)16-10-3-4-11-17(16)26-20/h1-2,5-9H,3-4,10-12H2,(H,22,23)(H,24,25). The summed E-state index contributed by atoms with van der Waals surface area (Å²) < 4.78 is 0. The van der Waals surface area contributed by atoms with Crippen molar-refractivity contribution in [1.82, 2.24) is 0 Å². The molecule has 0 bridgehead atoms. The second-order valence-electron chi connectivity index (χ2n) is 6.58. The number of hydrogen-bond donors (Lipinski definition) is 2. The Balaban J connectivity index is 1.61. The number of aromatic carboxylic acids is 1. The Bertz CT molecular complexity index is 1000. The second kappa shape index (κ2) is 6.92. The normalized spacial score (nSPS) is 13.4. The summed E-state index contributed by atoms with van der Waals surface area (Å²) in [5.41, 5.74) is 2.14. The van der Waals surface area contributed by atoms with Crippen LogP contribution in [0.25, 0.3) is 10.8 Å². The van der Waals surface area contributed by atoms with Gasteiger partial charge in [0, 0.05) is 4.88 Å². The van der Waals surface area contributed by atoms with E-state index in [9.17, 15) is 14.7 Å². The van der Waals surface area contributed by atoms with Gasteiger partial charge in [0.15, 0.2) is 0 Å². The van der Waals surface area contributed by atoms with Gasteiger partial charge in [-0.2, -0.15) is 0 Å². The third-order valence-corrected chi connectivity index (χ3v) is 6.08. The quantitative estimate of drug-likeness (QED) is 0.707. The Kier molecular flexibility index (Phi) is 4.47. The summed E-state index contributed by atoms with van der Waals surface area (Å²) in [6.07, 6.45) is 4.00. The number of carbonyl (C=O) groups excluding carboxylic acids is 1. The molecule has 0 spiro atoms. The van der Waals surface area contributed by atoms with Gasteiger partial charge in [-0.3, -0.25) is 4.79 Å². The zero-order valence-corrected chi connectivity index (χ0v) is 15.1. The Morgan fingerprint density at radius 3 is 2.65 bits per heavy atom. The highest BCUT2D eigenvalue weighted by Crippen LogP contribution is 2.38. The third kappa shape index (κ3) is 3.10. The Labute approximate surface area is 155 Å².